The molecule has 3 aliphatic heterocycles. The minimum atomic E-state index is -0.0211. The summed E-state index contributed by atoms with van der Waals surface area (Å²) < 4.78 is 17.0. The molecule has 1 fully saturated rings. The summed E-state index contributed by atoms with van der Waals surface area (Å²) in [4.78, 5) is 11.3. The molecule has 29 heavy (non-hydrogen) atoms. The molecule has 0 amide bonds. The van der Waals surface area contributed by atoms with E-state index in [4.69, 9.17) is 14.2 Å². The number of benzene rings is 1. The molecular weight excluding hydrogens is 366 g/mol. The van der Waals surface area contributed by atoms with Crippen LogP contribution in [-0.2, 0) is 20.6 Å². The van der Waals surface area contributed by atoms with Gasteiger partial charge in [0.25, 0.3) is 0 Å². The average Bonchev–Trinajstić information content (AvgIpc) is 2.78. The highest BCUT2D eigenvalue weighted by molar-refractivity contribution is 5.97. The van der Waals surface area contributed by atoms with E-state index in [1.165, 1.54) is 22.4 Å². The van der Waals surface area contributed by atoms with Crippen LogP contribution in [0.4, 0.5) is 0 Å². The number of nitrogens with zero attached hydrogens (tertiary/aromatic N) is 3. The van der Waals surface area contributed by atoms with Crippen LogP contribution in [0.2, 0.25) is 0 Å². The van der Waals surface area contributed by atoms with Crippen LogP contribution in [0, 0.1) is 6.92 Å². The topological polar surface area (TPSA) is 56.2 Å². The van der Waals surface area contributed by atoms with E-state index in [-0.39, 0.29) is 6.10 Å². The van der Waals surface area contributed by atoms with E-state index in [0.717, 1.165) is 24.2 Å². The molecule has 3 aliphatic rings. The molecule has 0 aliphatic carbocycles. The number of hydrogen-bond acceptors (Lipinski definition) is 6. The largest absolute Gasteiger partial charge is 0.475 e. The summed E-state index contributed by atoms with van der Waals surface area (Å²) in [6.07, 6.45) is 4.99. The van der Waals surface area contributed by atoms with Gasteiger partial charge in [-0.15, -0.1) is 0 Å². The van der Waals surface area contributed by atoms with Crippen LogP contribution in [0.3, 0.4) is 0 Å². The molecule has 0 N–H and O–H groups in total. The number of aryl methyl sites for hydroxylation is 1. The van der Waals surface area contributed by atoms with Gasteiger partial charge in [0, 0.05) is 35.6 Å². The van der Waals surface area contributed by atoms with Crippen molar-refractivity contribution >= 4 is 11.6 Å². The highest BCUT2D eigenvalue weighted by Gasteiger charge is 2.25. The second-order valence-electron chi connectivity index (χ2n) is 7.62. The van der Waals surface area contributed by atoms with Crippen LogP contribution in [0.15, 0.2) is 47.6 Å². The molecule has 0 radical (unpaired) electrons. The SMILES string of the molecule is Cc1ccc(-c2ccc3c(c2)CCN2CN=C(OCC4COCCO4)C=C32)cn1. The van der Waals surface area contributed by atoms with Crippen LogP contribution in [-0.4, -0.2) is 61.5 Å². The second-order valence-corrected chi connectivity index (χ2v) is 7.62. The summed E-state index contributed by atoms with van der Waals surface area (Å²) in [6, 6.07) is 10.9. The minimum absolute atomic E-state index is 0.0211. The number of aromatic nitrogens is 1. The van der Waals surface area contributed by atoms with Crippen LogP contribution in [0.1, 0.15) is 16.8 Å². The Bertz CT molecular complexity index is 946. The van der Waals surface area contributed by atoms with Crippen LogP contribution >= 0.6 is 0 Å². The van der Waals surface area contributed by atoms with E-state index < -0.39 is 0 Å². The lowest BCUT2D eigenvalue weighted by Gasteiger charge is -2.34. The second kappa shape index (κ2) is 7.97. The van der Waals surface area contributed by atoms with E-state index in [0.29, 0.717) is 39.0 Å². The maximum Gasteiger partial charge on any atom is 0.212 e. The molecule has 6 nitrogen and oxygen atoms in total. The van der Waals surface area contributed by atoms with Gasteiger partial charge in [-0.05, 0) is 30.5 Å². The molecule has 5 rings (SSSR count). The molecular formula is C23H25N3O3. The fourth-order valence-electron chi connectivity index (χ4n) is 3.95. The molecule has 2 aromatic rings. The van der Waals surface area contributed by atoms with Crippen LogP contribution < -0.4 is 0 Å². The summed E-state index contributed by atoms with van der Waals surface area (Å²) >= 11 is 0. The monoisotopic (exact) mass is 391 g/mol. The third-order valence-corrected chi connectivity index (χ3v) is 5.58. The molecule has 150 valence electrons. The fraction of sp³-hybridized carbons (Fsp3) is 0.391. The lowest BCUT2D eigenvalue weighted by molar-refractivity contribution is -0.103. The smallest absolute Gasteiger partial charge is 0.212 e. The Morgan fingerprint density at radius 3 is 2.93 bits per heavy atom. The van der Waals surface area contributed by atoms with Gasteiger partial charge in [0.05, 0.1) is 25.5 Å². The van der Waals surface area contributed by atoms with Gasteiger partial charge in [0.15, 0.2) is 0 Å². The van der Waals surface area contributed by atoms with Gasteiger partial charge in [-0.3, -0.25) is 4.98 Å². The molecule has 6 heteroatoms. The third-order valence-electron chi connectivity index (χ3n) is 5.58. The van der Waals surface area contributed by atoms with Crippen molar-refractivity contribution in [3.8, 4) is 11.1 Å². The van der Waals surface area contributed by atoms with Gasteiger partial charge in [0.1, 0.15) is 19.4 Å². The van der Waals surface area contributed by atoms with Crippen LogP contribution in [0.25, 0.3) is 16.8 Å². The molecule has 0 bridgehead atoms. The number of ether oxygens (including phenoxy) is 3. The first-order valence-electron chi connectivity index (χ1n) is 10.2. The van der Waals surface area contributed by atoms with Crippen molar-refractivity contribution in [3.05, 3.63) is 59.4 Å². The van der Waals surface area contributed by atoms with E-state index in [1.807, 2.05) is 13.1 Å². The molecule has 1 aromatic carbocycles. The maximum atomic E-state index is 5.92. The number of rotatable bonds is 3. The van der Waals surface area contributed by atoms with E-state index in [9.17, 15) is 0 Å². The van der Waals surface area contributed by atoms with Crippen molar-refractivity contribution in [1.82, 2.24) is 9.88 Å². The van der Waals surface area contributed by atoms with E-state index in [2.05, 4.69) is 51.3 Å². The zero-order chi connectivity index (χ0) is 19.6. The number of fused-ring (bicyclic) bond motifs is 3. The number of aliphatic imine (C=N–C) groups is 1. The van der Waals surface area contributed by atoms with Crippen molar-refractivity contribution in [3.63, 3.8) is 0 Å². The van der Waals surface area contributed by atoms with E-state index in [1.54, 1.807) is 0 Å². The van der Waals surface area contributed by atoms with E-state index >= 15 is 0 Å². The number of hydrogen-bond donors (Lipinski definition) is 0. The molecule has 0 saturated carbocycles. The quantitative estimate of drug-likeness (QED) is 0.805. The zero-order valence-electron chi connectivity index (χ0n) is 16.6. The predicted molar refractivity (Wildman–Crippen MR) is 112 cm³/mol. The van der Waals surface area contributed by atoms with Gasteiger partial charge in [-0.25, -0.2) is 4.99 Å². The summed E-state index contributed by atoms with van der Waals surface area (Å²) in [5.74, 6) is 0.671. The molecule has 1 aromatic heterocycles. The Kier molecular flexibility index (Phi) is 5.04. The van der Waals surface area contributed by atoms with Crippen molar-refractivity contribution in [2.45, 2.75) is 19.4 Å². The van der Waals surface area contributed by atoms with Crippen molar-refractivity contribution in [2.24, 2.45) is 4.99 Å². The summed E-state index contributed by atoms with van der Waals surface area (Å²) in [7, 11) is 0. The van der Waals surface area contributed by atoms with Crippen LogP contribution in [0.5, 0.6) is 0 Å². The first-order valence-corrected chi connectivity index (χ1v) is 10.2. The Morgan fingerprint density at radius 1 is 1.17 bits per heavy atom. The lowest BCUT2D eigenvalue weighted by Crippen LogP contribution is -2.35. The molecule has 4 heterocycles. The molecule has 1 saturated heterocycles. The molecule has 1 unspecified atom stereocenters. The van der Waals surface area contributed by atoms with Crippen molar-refractivity contribution in [1.29, 1.82) is 0 Å². The van der Waals surface area contributed by atoms with Crippen molar-refractivity contribution < 1.29 is 14.2 Å². The van der Waals surface area contributed by atoms with Gasteiger partial charge in [0.2, 0.25) is 5.90 Å². The Morgan fingerprint density at radius 2 is 2.10 bits per heavy atom. The Labute approximate surface area is 170 Å². The maximum absolute atomic E-state index is 5.92. The molecule has 0 spiro atoms. The highest BCUT2D eigenvalue weighted by atomic mass is 16.6. The van der Waals surface area contributed by atoms with Gasteiger partial charge in [-0.1, -0.05) is 24.3 Å². The first-order chi connectivity index (χ1) is 14.3. The zero-order valence-corrected chi connectivity index (χ0v) is 16.6. The Hall–Kier alpha value is -2.70. The normalized spacial score (nSPS) is 21.0. The summed E-state index contributed by atoms with van der Waals surface area (Å²) in [5.41, 5.74) is 7.20. The average molecular weight is 391 g/mol. The Balaban J connectivity index is 1.35. The standard InChI is InChI=1S/C23H25N3O3/c1-16-2-3-19(12-24-16)17-4-5-21-18(10-17)6-7-26-15-25-23(11-22(21)26)29-14-20-13-27-8-9-28-20/h2-5,10-12,20H,6-9,13-15H2,1H3. The molecule has 1 atom stereocenters. The van der Waals surface area contributed by atoms with Gasteiger partial charge >= 0.3 is 0 Å². The number of pyridine rings is 1. The minimum Gasteiger partial charge on any atom is -0.475 e. The summed E-state index contributed by atoms with van der Waals surface area (Å²) in [6.45, 7) is 5.94. The fourth-order valence-corrected chi connectivity index (χ4v) is 3.95. The summed E-state index contributed by atoms with van der Waals surface area (Å²) in [5, 5.41) is 0. The lowest BCUT2D eigenvalue weighted by atomic mass is 9.92. The van der Waals surface area contributed by atoms with Gasteiger partial charge in [-0.2, -0.15) is 0 Å². The van der Waals surface area contributed by atoms with Gasteiger partial charge < -0.3 is 19.1 Å². The third kappa shape index (κ3) is 3.91. The van der Waals surface area contributed by atoms with Crippen molar-refractivity contribution in [2.75, 3.05) is 39.6 Å². The highest BCUT2D eigenvalue weighted by Crippen LogP contribution is 2.33. The first kappa shape index (κ1) is 18.3. The predicted octanol–water partition coefficient (Wildman–Crippen LogP) is 3.06.